The van der Waals surface area contributed by atoms with Crippen LogP contribution in [0.1, 0.15) is 42.5 Å². The first kappa shape index (κ1) is 15.5. The maximum atomic E-state index is 12.3. The van der Waals surface area contributed by atoms with Gasteiger partial charge in [-0.15, -0.1) is 0 Å². The number of anilines is 1. The zero-order valence-corrected chi connectivity index (χ0v) is 13.3. The van der Waals surface area contributed by atoms with E-state index in [9.17, 15) is 4.79 Å². The van der Waals surface area contributed by atoms with Crippen molar-refractivity contribution in [3.63, 3.8) is 0 Å². The second kappa shape index (κ2) is 6.72. The van der Waals surface area contributed by atoms with Crippen LogP contribution in [0.2, 0.25) is 5.02 Å². The Morgan fingerprint density at radius 2 is 2.10 bits per heavy atom. The van der Waals surface area contributed by atoms with Gasteiger partial charge in [0, 0.05) is 22.0 Å². The molecule has 0 unspecified atom stereocenters. The van der Waals surface area contributed by atoms with Crippen LogP contribution in [0.5, 0.6) is 0 Å². The van der Waals surface area contributed by atoms with Crippen LogP contribution in [-0.4, -0.2) is 23.5 Å². The first-order valence-corrected chi connectivity index (χ1v) is 8.55. The molecule has 0 radical (unpaired) electrons. The van der Waals surface area contributed by atoms with Gasteiger partial charge < -0.3 is 11.1 Å². The molecule has 0 heterocycles. The summed E-state index contributed by atoms with van der Waals surface area (Å²) >= 11 is 7.79. The van der Waals surface area contributed by atoms with Crippen LogP contribution >= 0.6 is 23.4 Å². The van der Waals surface area contributed by atoms with E-state index in [1.165, 1.54) is 32.1 Å². The highest BCUT2D eigenvalue weighted by Gasteiger charge is 2.31. The van der Waals surface area contributed by atoms with E-state index < -0.39 is 0 Å². The minimum atomic E-state index is -0.135. The lowest BCUT2D eigenvalue weighted by Gasteiger charge is -2.35. The maximum Gasteiger partial charge on any atom is 0.253 e. The molecule has 1 saturated carbocycles. The fourth-order valence-corrected chi connectivity index (χ4v) is 3.80. The van der Waals surface area contributed by atoms with E-state index in [0.717, 1.165) is 0 Å². The molecule has 0 aromatic heterocycles. The average Bonchev–Trinajstić information content (AvgIpc) is 2.48. The van der Waals surface area contributed by atoms with Crippen LogP contribution in [0.25, 0.3) is 0 Å². The van der Waals surface area contributed by atoms with Crippen molar-refractivity contribution in [2.75, 3.05) is 18.5 Å². The molecule has 0 spiro atoms. The topological polar surface area (TPSA) is 55.1 Å². The van der Waals surface area contributed by atoms with Crippen LogP contribution in [-0.2, 0) is 0 Å². The summed E-state index contributed by atoms with van der Waals surface area (Å²) in [5.41, 5.74) is 6.77. The summed E-state index contributed by atoms with van der Waals surface area (Å²) in [4.78, 5) is 12.3. The van der Waals surface area contributed by atoms with Gasteiger partial charge in [-0.25, -0.2) is 0 Å². The number of carbonyl (C=O) groups excluding carboxylic acids is 1. The molecule has 5 heteroatoms. The van der Waals surface area contributed by atoms with Gasteiger partial charge >= 0.3 is 0 Å². The lowest BCUT2D eigenvalue weighted by molar-refractivity contribution is 0.0948. The molecule has 2 rings (SSSR count). The van der Waals surface area contributed by atoms with Crippen molar-refractivity contribution >= 4 is 35.0 Å². The van der Waals surface area contributed by atoms with Crippen molar-refractivity contribution in [1.29, 1.82) is 0 Å². The van der Waals surface area contributed by atoms with Crippen molar-refractivity contribution in [2.45, 2.75) is 36.9 Å². The summed E-state index contributed by atoms with van der Waals surface area (Å²) in [6.45, 7) is 0.693. The Labute approximate surface area is 129 Å². The Hall–Kier alpha value is -0.870. The SMILES string of the molecule is CSC1(CNC(=O)c2cc(Cl)ccc2N)CCCCC1. The van der Waals surface area contributed by atoms with Gasteiger partial charge in [-0.2, -0.15) is 11.8 Å². The van der Waals surface area contributed by atoms with Gasteiger partial charge in [0.2, 0.25) is 0 Å². The van der Waals surface area contributed by atoms with E-state index >= 15 is 0 Å². The molecule has 20 heavy (non-hydrogen) atoms. The highest BCUT2D eigenvalue weighted by Crippen LogP contribution is 2.38. The second-order valence-electron chi connectivity index (χ2n) is 5.36. The lowest BCUT2D eigenvalue weighted by Crippen LogP contribution is -2.41. The second-order valence-corrected chi connectivity index (χ2v) is 7.07. The first-order chi connectivity index (χ1) is 9.56. The molecule has 0 bridgehead atoms. The number of hydrogen-bond acceptors (Lipinski definition) is 3. The van der Waals surface area contributed by atoms with Crippen LogP contribution in [0.3, 0.4) is 0 Å². The number of halogens is 1. The quantitative estimate of drug-likeness (QED) is 0.833. The number of nitrogens with two attached hydrogens (primary N) is 1. The maximum absolute atomic E-state index is 12.3. The third-order valence-corrected chi connectivity index (χ3v) is 5.68. The minimum Gasteiger partial charge on any atom is -0.398 e. The van der Waals surface area contributed by atoms with Crippen molar-refractivity contribution in [3.8, 4) is 0 Å². The Balaban J connectivity index is 2.02. The number of rotatable bonds is 4. The number of carbonyl (C=O) groups is 1. The first-order valence-electron chi connectivity index (χ1n) is 6.95. The largest absolute Gasteiger partial charge is 0.398 e. The van der Waals surface area contributed by atoms with E-state index in [2.05, 4.69) is 11.6 Å². The predicted molar refractivity (Wildman–Crippen MR) is 87.5 cm³/mol. The van der Waals surface area contributed by atoms with Gasteiger partial charge in [-0.3, -0.25) is 4.79 Å². The summed E-state index contributed by atoms with van der Waals surface area (Å²) in [7, 11) is 0. The van der Waals surface area contributed by atoms with Crippen molar-refractivity contribution in [1.82, 2.24) is 5.32 Å². The summed E-state index contributed by atoms with van der Waals surface area (Å²) in [6.07, 6.45) is 8.26. The molecule has 0 aliphatic heterocycles. The molecule has 1 fully saturated rings. The summed E-state index contributed by atoms with van der Waals surface area (Å²) in [5.74, 6) is -0.135. The van der Waals surface area contributed by atoms with Gasteiger partial charge in [0.15, 0.2) is 0 Å². The third kappa shape index (κ3) is 3.61. The number of benzene rings is 1. The van der Waals surface area contributed by atoms with Crippen LogP contribution < -0.4 is 11.1 Å². The van der Waals surface area contributed by atoms with Gasteiger partial charge in [0.25, 0.3) is 5.91 Å². The Kier molecular flexibility index (Phi) is 5.22. The number of nitrogens with one attached hydrogen (secondary N) is 1. The summed E-state index contributed by atoms with van der Waals surface area (Å²) in [5, 5.41) is 3.56. The summed E-state index contributed by atoms with van der Waals surface area (Å²) in [6, 6.07) is 4.99. The lowest BCUT2D eigenvalue weighted by atomic mass is 9.88. The number of hydrogen-bond donors (Lipinski definition) is 2. The molecule has 1 aromatic carbocycles. The normalized spacial score (nSPS) is 17.7. The number of amides is 1. The minimum absolute atomic E-state index is 0.135. The highest BCUT2D eigenvalue weighted by atomic mass is 35.5. The van der Waals surface area contributed by atoms with Crippen molar-refractivity contribution < 1.29 is 4.79 Å². The van der Waals surface area contributed by atoms with Crippen LogP contribution in [0, 0.1) is 0 Å². The number of thioether (sulfide) groups is 1. The molecule has 1 aliphatic carbocycles. The van der Waals surface area contributed by atoms with Gasteiger partial charge in [0.1, 0.15) is 0 Å². The Morgan fingerprint density at radius 3 is 2.75 bits per heavy atom. The van der Waals surface area contributed by atoms with Crippen molar-refractivity contribution in [2.24, 2.45) is 0 Å². The molecule has 3 nitrogen and oxygen atoms in total. The van der Waals surface area contributed by atoms with Gasteiger partial charge in [-0.1, -0.05) is 30.9 Å². The summed E-state index contributed by atoms with van der Waals surface area (Å²) < 4.78 is 0.182. The van der Waals surface area contributed by atoms with Gasteiger partial charge in [0.05, 0.1) is 5.56 Å². The fourth-order valence-electron chi connectivity index (χ4n) is 2.71. The molecular weight excluding hydrogens is 292 g/mol. The third-order valence-electron chi connectivity index (χ3n) is 4.03. The van der Waals surface area contributed by atoms with Crippen LogP contribution in [0.15, 0.2) is 18.2 Å². The molecule has 1 amide bonds. The standard InChI is InChI=1S/C15H21ClN2OS/c1-20-15(7-3-2-4-8-15)10-18-14(19)12-9-11(16)5-6-13(12)17/h5-6,9H,2-4,7-8,10,17H2,1H3,(H,18,19). The molecule has 1 aromatic rings. The van der Waals surface area contributed by atoms with Gasteiger partial charge in [-0.05, 0) is 37.3 Å². The molecule has 0 atom stereocenters. The van der Waals surface area contributed by atoms with E-state index in [1.807, 2.05) is 11.8 Å². The monoisotopic (exact) mass is 312 g/mol. The van der Waals surface area contributed by atoms with E-state index in [-0.39, 0.29) is 10.7 Å². The van der Waals surface area contributed by atoms with Crippen LogP contribution in [0.4, 0.5) is 5.69 Å². The molecular formula is C15H21ClN2OS. The number of nitrogen functional groups attached to an aromatic ring is 1. The fraction of sp³-hybridized carbons (Fsp3) is 0.533. The van der Waals surface area contributed by atoms with E-state index in [0.29, 0.717) is 22.8 Å². The molecule has 0 saturated heterocycles. The predicted octanol–water partition coefficient (Wildman–Crippen LogP) is 3.72. The zero-order valence-electron chi connectivity index (χ0n) is 11.7. The Bertz CT molecular complexity index is 487. The highest BCUT2D eigenvalue weighted by molar-refractivity contribution is 8.00. The molecule has 110 valence electrons. The average molecular weight is 313 g/mol. The molecule has 1 aliphatic rings. The zero-order chi connectivity index (χ0) is 14.6. The van der Waals surface area contributed by atoms with E-state index in [1.54, 1.807) is 18.2 Å². The molecule has 3 N–H and O–H groups in total. The van der Waals surface area contributed by atoms with Crippen molar-refractivity contribution in [3.05, 3.63) is 28.8 Å². The Morgan fingerprint density at radius 1 is 1.40 bits per heavy atom. The van der Waals surface area contributed by atoms with E-state index in [4.69, 9.17) is 17.3 Å². The smallest absolute Gasteiger partial charge is 0.253 e.